The van der Waals surface area contributed by atoms with Crippen LogP contribution in [0.4, 0.5) is 0 Å². The second-order valence-corrected chi connectivity index (χ2v) is 6.86. The highest BCUT2D eigenvalue weighted by atomic mass is 32.2. The van der Waals surface area contributed by atoms with Crippen LogP contribution in [0.3, 0.4) is 0 Å². The molecule has 0 N–H and O–H groups in total. The van der Waals surface area contributed by atoms with Crippen molar-refractivity contribution in [3.63, 3.8) is 0 Å². The minimum Gasteiger partial charge on any atom is -0.342 e. The second kappa shape index (κ2) is 5.99. The van der Waals surface area contributed by atoms with Crippen LogP contribution < -0.4 is 0 Å². The number of amides is 1. The minimum atomic E-state index is -3.41. The van der Waals surface area contributed by atoms with E-state index in [2.05, 4.69) is 0 Å². The van der Waals surface area contributed by atoms with Gasteiger partial charge in [0, 0.05) is 46.2 Å². The molecular weight excluding hydrogens is 254 g/mol. The Morgan fingerprint density at radius 2 is 1.78 bits per heavy atom. The molecule has 0 saturated carbocycles. The van der Waals surface area contributed by atoms with Gasteiger partial charge in [-0.15, -0.1) is 0 Å². The second-order valence-electron chi connectivity index (χ2n) is 4.88. The van der Waals surface area contributed by atoms with E-state index < -0.39 is 10.2 Å². The summed E-state index contributed by atoms with van der Waals surface area (Å²) in [7, 11) is -1.81. The maximum atomic E-state index is 12.3. The van der Waals surface area contributed by atoms with E-state index in [0.717, 1.165) is 0 Å². The Balaban J connectivity index is 2.76. The van der Waals surface area contributed by atoms with Gasteiger partial charge in [0.25, 0.3) is 10.2 Å². The maximum Gasteiger partial charge on any atom is 0.282 e. The molecule has 0 aromatic rings. The highest BCUT2D eigenvalue weighted by molar-refractivity contribution is 7.86. The molecule has 1 aliphatic heterocycles. The van der Waals surface area contributed by atoms with Crippen LogP contribution in [-0.4, -0.2) is 67.1 Å². The van der Waals surface area contributed by atoms with Gasteiger partial charge in [-0.1, -0.05) is 0 Å². The smallest absolute Gasteiger partial charge is 0.282 e. The summed E-state index contributed by atoms with van der Waals surface area (Å²) in [6.45, 7) is 7.16. The van der Waals surface area contributed by atoms with Gasteiger partial charge in [-0.25, -0.2) is 0 Å². The molecule has 0 aromatic carbocycles. The van der Waals surface area contributed by atoms with E-state index in [4.69, 9.17) is 0 Å². The molecule has 0 bridgehead atoms. The van der Waals surface area contributed by atoms with Gasteiger partial charge >= 0.3 is 0 Å². The molecule has 0 aromatic heterocycles. The quantitative estimate of drug-likeness (QED) is 0.736. The summed E-state index contributed by atoms with van der Waals surface area (Å²) in [6.07, 6.45) is 0.685. The summed E-state index contributed by atoms with van der Waals surface area (Å²) in [5, 5.41) is 0. The monoisotopic (exact) mass is 277 g/mol. The fraction of sp³-hybridized carbons (Fsp3) is 0.909. The van der Waals surface area contributed by atoms with Gasteiger partial charge in [0.05, 0.1) is 0 Å². The average molecular weight is 277 g/mol. The Morgan fingerprint density at radius 1 is 1.17 bits per heavy atom. The first kappa shape index (κ1) is 15.4. The molecule has 1 rings (SSSR count). The molecule has 106 valence electrons. The minimum absolute atomic E-state index is 0.00598. The Kier molecular flexibility index (Phi) is 5.12. The molecule has 0 unspecified atom stereocenters. The summed E-state index contributed by atoms with van der Waals surface area (Å²) < 4.78 is 27.4. The summed E-state index contributed by atoms with van der Waals surface area (Å²) in [6, 6.07) is -0.0674. The van der Waals surface area contributed by atoms with Crippen LogP contribution in [0.5, 0.6) is 0 Å². The third-order valence-electron chi connectivity index (χ3n) is 3.32. The molecule has 1 amide bonds. The van der Waals surface area contributed by atoms with E-state index in [1.54, 1.807) is 11.9 Å². The van der Waals surface area contributed by atoms with Crippen molar-refractivity contribution in [1.82, 2.24) is 13.5 Å². The Bertz CT molecular complexity index is 394. The number of hydrogen-bond acceptors (Lipinski definition) is 3. The van der Waals surface area contributed by atoms with Crippen molar-refractivity contribution in [2.45, 2.75) is 33.2 Å². The predicted molar refractivity (Wildman–Crippen MR) is 70.3 cm³/mol. The van der Waals surface area contributed by atoms with Gasteiger partial charge in [0.15, 0.2) is 0 Å². The average Bonchev–Trinajstić information content (AvgIpc) is 2.53. The van der Waals surface area contributed by atoms with Crippen LogP contribution >= 0.6 is 0 Å². The van der Waals surface area contributed by atoms with Crippen molar-refractivity contribution >= 4 is 16.1 Å². The first-order chi connectivity index (χ1) is 8.26. The van der Waals surface area contributed by atoms with Gasteiger partial charge in [-0.3, -0.25) is 4.79 Å². The molecule has 1 aliphatic rings. The highest BCUT2D eigenvalue weighted by Crippen LogP contribution is 2.13. The zero-order chi connectivity index (χ0) is 13.9. The highest BCUT2D eigenvalue weighted by Gasteiger charge is 2.30. The number of carbonyl (C=O) groups excluding carboxylic acids is 1. The third-order valence-corrected chi connectivity index (χ3v) is 5.48. The van der Waals surface area contributed by atoms with Crippen LogP contribution in [0.15, 0.2) is 0 Å². The van der Waals surface area contributed by atoms with Gasteiger partial charge < -0.3 is 4.90 Å². The molecule has 1 fully saturated rings. The topological polar surface area (TPSA) is 60.9 Å². The van der Waals surface area contributed by atoms with Gasteiger partial charge in [0.1, 0.15) is 0 Å². The van der Waals surface area contributed by atoms with Crippen molar-refractivity contribution < 1.29 is 13.2 Å². The summed E-state index contributed by atoms with van der Waals surface area (Å²) in [5.41, 5.74) is 0. The van der Waals surface area contributed by atoms with Crippen LogP contribution in [0.1, 0.15) is 27.2 Å². The first-order valence-electron chi connectivity index (χ1n) is 6.25. The lowest BCUT2D eigenvalue weighted by atomic mass is 10.4. The zero-order valence-electron chi connectivity index (χ0n) is 11.6. The lowest BCUT2D eigenvalue weighted by Gasteiger charge is -2.28. The molecule has 0 spiro atoms. The Morgan fingerprint density at radius 3 is 2.28 bits per heavy atom. The third kappa shape index (κ3) is 3.43. The molecular formula is C11H23N3O3S. The lowest BCUT2D eigenvalue weighted by Crippen LogP contribution is -2.46. The predicted octanol–water partition coefficient (Wildman–Crippen LogP) is 0.126. The number of rotatable bonds is 3. The zero-order valence-corrected chi connectivity index (χ0v) is 12.4. The maximum absolute atomic E-state index is 12.3. The van der Waals surface area contributed by atoms with Crippen molar-refractivity contribution in [2.75, 3.05) is 33.2 Å². The Hall–Kier alpha value is -0.660. The van der Waals surface area contributed by atoms with Gasteiger partial charge in [-0.2, -0.15) is 17.0 Å². The normalized spacial score (nSPS) is 19.3. The lowest BCUT2D eigenvalue weighted by molar-refractivity contribution is -0.128. The number of carbonyl (C=O) groups is 1. The van der Waals surface area contributed by atoms with Gasteiger partial charge in [-0.05, 0) is 20.3 Å². The molecule has 1 heterocycles. The first-order valence-corrected chi connectivity index (χ1v) is 7.65. The van der Waals surface area contributed by atoms with Crippen molar-refractivity contribution in [1.29, 1.82) is 0 Å². The van der Waals surface area contributed by atoms with E-state index in [9.17, 15) is 13.2 Å². The molecule has 18 heavy (non-hydrogen) atoms. The van der Waals surface area contributed by atoms with Crippen molar-refractivity contribution in [2.24, 2.45) is 0 Å². The van der Waals surface area contributed by atoms with Gasteiger partial charge in [0.2, 0.25) is 5.91 Å². The molecule has 1 saturated heterocycles. The fourth-order valence-electron chi connectivity index (χ4n) is 1.89. The molecule has 7 heteroatoms. The number of nitrogens with zero attached hydrogens (tertiary/aromatic N) is 3. The van der Waals surface area contributed by atoms with Crippen LogP contribution in [-0.2, 0) is 15.0 Å². The van der Waals surface area contributed by atoms with Crippen LogP contribution in [0.25, 0.3) is 0 Å². The summed E-state index contributed by atoms with van der Waals surface area (Å²) >= 11 is 0. The van der Waals surface area contributed by atoms with E-state index in [-0.39, 0.29) is 11.9 Å². The standard InChI is InChI=1S/C11H23N3O3S/c1-10(2)12(4)18(16,17)14-7-5-6-13(8-9-14)11(3)15/h10H,5-9H2,1-4H3. The van der Waals surface area contributed by atoms with Crippen molar-refractivity contribution in [3.05, 3.63) is 0 Å². The molecule has 6 nitrogen and oxygen atoms in total. The van der Waals surface area contributed by atoms with E-state index in [1.807, 2.05) is 13.8 Å². The van der Waals surface area contributed by atoms with Crippen LogP contribution in [0.2, 0.25) is 0 Å². The fourth-order valence-corrected chi connectivity index (χ4v) is 3.46. The largest absolute Gasteiger partial charge is 0.342 e. The summed E-state index contributed by atoms with van der Waals surface area (Å²) in [4.78, 5) is 13.0. The molecule has 0 atom stereocenters. The Labute approximate surface area is 110 Å². The van der Waals surface area contributed by atoms with E-state index in [0.29, 0.717) is 32.6 Å². The SMILES string of the molecule is CC(=O)N1CCCN(S(=O)(=O)N(C)C(C)C)CC1. The van der Waals surface area contributed by atoms with E-state index in [1.165, 1.54) is 15.5 Å². The molecule has 0 aliphatic carbocycles. The van der Waals surface area contributed by atoms with E-state index >= 15 is 0 Å². The number of hydrogen-bond donors (Lipinski definition) is 0. The molecule has 0 radical (unpaired) electrons. The van der Waals surface area contributed by atoms with Crippen LogP contribution in [0, 0.1) is 0 Å². The van der Waals surface area contributed by atoms with Crippen molar-refractivity contribution in [3.8, 4) is 0 Å². The summed E-state index contributed by atoms with van der Waals surface area (Å²) in [5.74, 6) is 0.00598.